The van der Waals surface area contributed by atoms with Gasteiger partial charge in [-0.05, 0) is 30.2 Å². The first kappa shape index (κ1) is 20.3. The summed E-state index contributed by atoms with van der Waals surface area (Å²) < 4.78 is 54.4. The Bertz CT molecular complexity index is 976. The normalized spacial score (nSPS) is 11.1. The van der Waals surface area contributed by atoms with Crippen molar-refractivity contribution in [1.29, 1.82) is 0 Å². The molecule has 0 saturated heterocycles. The number of aryl methyl sites for hydroxylation is 1. The Labute approximate surface area is 154 Å². The number of benzene rings is 2. The van der Waals surface area contributed by atoms with Crippen LogP contribution in [0.1, 0.15) is 18.9 Å². The second-order valence-corrected chi connectivity index (χ2v) is 7.32. The number of carboxylic acid groups (broad SMARTS) is 1. The van der Waals surface area contributed by atoms with E-state index in [0.717, 1.165) is 13.0 Å². The first-order valence-electron chi connectivity index (χ1n) is 7.68. The number of carboxylic acids is 1. The van der Waals surface area contributed by atoms with Crippen LogP contribution in [-0.4, -0.2) is 25.4 Å². The van der Waals surface area contributed by atoms with Crippen LogP contribution >= 0.6 is 0 Å². The van der Waals surface area contributed by atoms with Crippen LogP contribution in [0.2, 0.25) is 0 Å². The maximum atomic E-state index is 13.9. The summed E-state index contributed by atoms with van der Waals surface area (Å²) in [7, 11) is -4.18. The molecule has 0 aliphatic heterocycles. The van der Waals surface area contributed by atoms with E-state index in [0.29, 0.717) is 11.6 Å². The van der Waals surface area contributed by atoms with Crippen LogP contribution in [0.15, 0.2) is 41.3 Å². The van der Waals surface area contributed by atoms with Crippen LogP contribution in [0.3, 0.4) is 0 Å². The van der Waals surface area contributed by atoms with Gasteiger partial charge in [-0.1, -0.05) is 12.1 Å². The van der Waals surface area contributed by atoms with Crippen LogP contribution in [0, 0.1) is 11.6 Å². The smallest absolute Gasteiger partial charge is 0.303 e. The highest BCUT2D eigenvalue weighted by molar-refractivity contribution is 7.92. The molecule has 0 aliphatic carbocycles. The number of anilines is 2. The Morgan fingerprint density at radius 2 is 1.63 bits per heavy atom. The number of amides is 1. The molecule has 2 rings (SSSR count). The number of rotatable bonds is 7. The number of carbonyl (C=O) groups is 2. The Hall–Kier alpha value is -3.01. The van der Waals surface area contributed by atoms with Gasteiger partial charge in [0.2, 0.25) is 5.91 Å². The van der Waals surface area contributed by atoms with Gasteiger partial charge in [0.1, 0.15) is 11.6 Å². The van der Waals surface area contributed by atoms with Crippen molar-refractivity contribution in [1.82, 2.24) is 0 Å². The number of aliphatic carboxylic acids is 1. The van der Waals surface area contributed by atoms with E-state index < -0.39 is 39.2 Å². The van der Waals surface area contributed by atoms with Crippen LogP contribution in [0.5, 0.6) is 0 Å². The predicted molar refractivity (Wildman–Crippen MR) is 93.9 cm³/mol. The quantitative estimate of drug-likeness (QED) is 0.664. The van der Waals surface area contributed by atoms with Crippen molar-refractivity contribution >= 4 is 33.3 Å². The molecule has 144 valence electrons. The fraction of sp³-hybridized carbons (Fsp3) is 0.176. The number of carbonyl (C=O) groups excluding carboxylic acids is 1. The van der Waals surface area contributed by atoms with Gasteiger partial charge >= 0.3 is 5.97 Å². The third-order valence-corrected chi connectivity index (χ3v) is 4.85. The first-order chi connectivity index (χ1) is 12.6. The monoisotopic (exact) mass is 398 g/mol. The molecule has 0 heterocycles. The summed E-state index contributed by atoms with van der Waals surface area (Å²) in [5.74, 6) is -3.78. The molecule has 0 fully saturated rings. The average Bonchev–Trinajstić information content (AvgIpc) is 2.57. The number of nitrogens with one attached hydrogen (secondary N) is 2. The van der Waals surface area contributed by atoms with Crippen molar-refractivity contribution in [3.8, 4) is 0 Å². The van der Waals surface area contributed by atoms with Crippen molar-refractivity contribution in [3.63, 3.8) is 0 Å². The standard InChI is InChI=1S/C17H16F2N2O5S/c1-10(22)20-15-9-16(14(19)8-13(15)18)21-27(25,26)12-5-2-11(3-6-12)4-7-17(23)24/h2-3,5-6,8-9,21H,4,7H2,1H3,(H,20,22)(H,23,24). The zero-order valence-corrected chi connectivity index (χ0v) is 14.9. The minimum Gasteiger partial charge on any atom is -0.481 e. The van der Waals surface area contributed by atoms with Crippen molar-refractivity contribution in [2.45, 2.75) is 24.7 Å². The number of hydrogen-bond donors (Lipinski definition) is 3. The largest absolute Gasteiger partial charge is 0.481 e. The van der Waals surface area contributed by atoms with E-state index >= 15 is 0 Å². The predicted octanol–water partition coefficient (Wildman–Crippen LogP) is 2.74. The molecule has 27 heavy (non-hydrogen) atoms. The molecule has 0 spiro atoms. The number of hydrogen-bond acceptors (Lipinski definition) is 4. The summed E-state index contributed by atoms with van der Waals surface area (Å²) in [6.07, 6.45) is 0.132. The second kappa shape index (κ2) is 8.12. The molecule has 0 aromatic heterocycles. The van der Waals surface area contributed by atoms with Gasteiger partial charge in [-0.2, -0.15) is 0 Å². The van der Waals surface area contributed by atoms with Crippen molar-refractivity contribution in [3.05, 3.63) is 53.6 Å². The van der Waals surface area contributed by atoms with Gasteiger partial charge in [-0.3, -0.25) is 14.3 Å². The van der Waals surface area contributed by atoms with Crippen LogP contribution < -0.4 is 10.0 Å². The molecule has 1 amide bonds. The lowest BCUT2D eigenvalue weighted by atomic mass is 10.1. The molecule has 0 atom stereocenters. The number of sulfonamides is 1. The highest BCUT2D eigenvalue weighted by Crippen LogP contribution is 2.26. The van der Waals surface area contributed by atoms with Crippen LogP contribution in [0.4, 0.5) is 20.2 Å². The van der Waals surface area contributed by atoms with E-state index in [9.17, 15) is 26.8 Å². The summed E-state index contributed by atoms with van der Waals surface area (Å²) in [5.41, 5.74) is -0.280. The van der Waals surface area contributed by atoms with Crippen molar-refractivity contribution < 1.29 is 31.9 Å². The summed E-state index contributed by atoms with van der Waals surface area (Å²) in [6.45, 7) is 1.12. The van der Waals surface area contributed by atoms with Crippen molar-refractivity contribution in [2.75, 3.05) is 10.0 Å². The lowest BCUT2D eigenvalue weighted by molar-refractivity contribution is -0.137. The lowest BCUT2D eigenvalue weighted by Crippen LogP contribution is -2.15. The minimum absolute atomic E-state index is 0.100. The van der Waals surface area contributed by atoms with Gasteiger partial charge in [0.25, 0.3) is 10.0 Å². The molecular weight excluding hydrogens is 382 g/mol. The molecule has 10 heteroatoms. The van der Waals surface area contributed by atoms with Crippen molar-refractivity contribution in [2.24, 2.45) is 0 Å². The van der Waals surface area contributed by atoms with E-state index in [4.69, 9.17) is 5.11 Å². The van der Waals surface area contributed by atoms with Gasteiger partial charge in [0, 0.05) is 19.4 Å². The van der Waals surface area contributed by atoms with E-state index in [2.05, 4.69) is 5.32 Å². The zero-order chi connectivity index (χ0) is 20.2. The van der Waals surface area contributed by atoms with E-state index in [-0.39, 0.29) is 23.4 Å². The van der Waals surface area contributed by atoms with Gasteiger partial charge in [0.15, 0.2) is 0 Å². The lowest BCUT2D eigenvalue weighted by Gasteiger charge is -2.12. The first-order valence-corrected chi connectivity index (χ1v) is 9.17. The van der Waals surface area contributed by atoms with Gasteiger partial charge in [0.05, 0.1) is 16.3 Å². The number of halogens is 2. The molecule has 7 nitrogen and oxygen atoms in total. The molecule has 0 unspecified atom stereocenters. The van der Waals surface area contributed by atoms with E-state index in [1.165, 1.54) is 24.3 Å². The van der Waals surface area contributed by atoms with E-state index in [1.54, 1.807) is 0 Å². The van der Waals surface area contributed by atoms with Gasteiger partial charge in [-0.15, -0.1) is 0 Å². The van der Waals surface area contributed by atoms with Crippen LogP contribution in [-0.2, 0) is 26.0 Å². The zero-order valence-electron chi connectivity index (χ0n) is 14.1. The second-order valence-electron chi connectivity index (χ2n) is 5.64. The molecule has 2 aromatic rings. The minimum atomic E-state index is -4.18. The SMILES string of the molecule is CC(=O)Nc1cc(NS(=O)(=O)c2ccc(CCC(=O)O)cc2)c(F)cc1F. The average molecular weight is 398 g/mol. The van der Waals surface area contributed by atoms with Crippen LogP contribution in [0.25, 0.3) is 0 Å². The Morgan fingerprint density at radius 3 is 2.19 bits per heavy atom. The third-order valence-electron chi connectivity index (χ3n) is 3.47. The summed E-state index contributed by atoms with van der Waals surface area (Å²) in [4.78, 5) is 21.4. The highest BCUT2D eigenvalue weighted by atomic mass is 32.2. The summed E-state index contributed by atoms with van der Waals surface area (Å²) in [6, 6.07) is 6.68. The molecular formula is C17H16F2N2O5S. The van der Waals surface area contributed by atoms with Gasteiger partial charge < -0.3 is 10.4 Å². The maximum absolute atomic E-state index is 13.9. The molecule has 2 aromatic carbocycles. The fourth-order valence-corrected chi connectivity index (χ4v) is 3.26. The molecule has 0 saturated carbocycles. The molecule has 0 radical (unpaired) electrons. The third kappa shape index (κ3) is 5.48. The molecule has 0 bridgehead atoms. The summed E-state index contributed by atoms with van der Waals surface area (Å²) >= 11 is 0. The Balaban J connectivity index is 2.25. The van der Waals surface area contributed by atoms with Gasteiger partial charge in [-0.25, -0.2) is 17.2 Å². The molecule has 0 aliphatic rings. The fourth-order valence-electron chi connectivity index (χ4n) is 2.20. The van der Waals surface area contributed by atoms with E-state index in [1.807, 2.05) is 4.72 Å². The molecule has 3 N–H and O–H groups in total. The Kier molecular flexibility index (Phi) is 6.11. The Morgan fingerprint density at radius 1 is 1.04 bits per heavy atom. The summed E-state index contributed by atoms with van der Waals surface area (Å²) in [5, 5.41) is 10.8. The topological polar surface area (TPSA) is 113 Å². The maximum Gasteiger partial charge on any atom is 0.303 e. The highest BCUT2D eigenvalue weighted by Gasteiger charge is 2.19.